The molecule has 104 valence electrons. The summed E-state index contributed by atoms with van der Waals surface area (Å²) < 4.78 is 0. The van der Waals surface area contributed by atoms with E-state index in [1.54, 1.807) is 18.3 Å². The number of rotatable bonds is 5. The molecule has 1 aromatic carbocycles. The molecule has 0 aliphatic rings. The number of nitrogens with zero attached hydrogens (tertiary/aromatic N) is 1. The minimum Gasteiger partial charge on any atom is -0.352 e. The van der Waals surface area contributed by atoms with Crippen LogP contribution in [0, 0.1) is 0 Å². The van der Waals surface area contributed by atoms with Gasteiger partial charge in [0.1, 0.15) is 5.03 Å². The molecular formula is C15H15ClN2OS. The Balaban J connectivity index is 2.19. The van der Waals surface area contributed by atoms with Gasteiger partial charge in [0.2, 0.25) is 0 Å². The van der Waals surface area contributed by atoms with Crippen LogP contribution in [0.5, 0.6) is 0 Å². The van der Waals surface area contributed by atoms with Crippen molar-refractivity contribution in [3.05, 3.63) is 53.2 Å². The van der Waals surface area contributed by atoms with E-state index in [4.69, 9.17) is 11.6 Å². The minimum atomic E-state index is -0.0867. The lowest BCUT2D eigenvalue weighted by Gasteiger charge is -2.08. The Kier molecular flexibility index (Phi) is 5.44. The maximum atomic E-state index is 12.1. The van der Waals surface area contributed by atoms with Crippen molar-refractivity contribution >= 4 is 29.3 Å². The first-order chi connectivity index (χ1) is 9.70. The Morgan fingerprint density at radius 2 is 2.05 bits per heavy atom. The van der Waals surface area contributed by atoms with E-state index in [-0.39, 0.29) is 5.91 Å². The van der Waals surface area contributed by atoms with E-state index in [1.807, 2.05) is 31.2 Å². The van der Waals surface area contributed by atoms with Gasteiger partial charge in [-0.15, -0.1) is 0 Å². The van der Waals surface area contributed by atoms with Crippen molar-refractivity contribution in [2.75, 3.05) is 6.54 Å². The molecule has 5 heteroatoms. The third-order valence-corrected chi connectivity index (χ3v) is 3.86. The molecule has 0 atom stereocenters. The number of hydrogen-bond donors (Lipinski definition) is 1. The maximum absolute atomic E-state index is 12.1. The van der Waals surface area contributed by atoms with E-state index < -0.39 is 0 Å². The molecule has 1 amide bonds. The molecule has 2 rings (SSSR count). The summed E-state index contributed by atoms with van der Waals surface area (Å²) in [5.41, 5.74) is 0.598. The van der Waals surface area contributed by atoms with Crippen LogP contribution < -0.4 is 5.32 Å². The highest BCUT2D eigenvalue weighted by molar-refractivity contribution is 7.99. The van der Waals surface area contributed by atoms with E-state index >= 15 is 0 Å². The molecule has 0 aliphatic carbocycles. The molecule has 0 bridgehead atoms. The molecule has 1 aromatic heterocycles. The van der Waals surface area contributed by atoms with Gasteiger partial charge in [-0.2, -0.15) is 0 Å². The summed E-state index contributed by atoms with van der Waals surface area (Å²) in [5, 5.41) is 4.26. The summed E-state index contributed by atoms with van der Waals surface area (Å²) in [6.45, 7) is 2.69. The summed E-state index contributed by atoms with van der Waals surface area (Å²) in [6.07, 6.45) is 2.60. The lowest BCUT2D eigenvalue weighted by atomic mass is 10.2. The molecule has 0 spiro atoms. The lowest BCUT2D eigenvalue weighted by Crippen LogP contribution is -2.24. The Bertz CT molecular complexity index is 587. The zero-order chi connectivity index (χ0) is 14.4. The van der Waals surface area contributed by atoms with Gasteiger partial charge in [-0.3, -0.25) is 4.79 Å². The quantitative estimate of drug-likeness (QED) is 0.907. The van der Waals surface area contributed by atoms with Crippen molar-refractivity contribution in [1.82, 2.24) is 10.3 Å². The fourth-order valence-corrected chi connectivity index (χ4v) is 2.60. The van der Waals surface area contributed by atoms with Crippen molar-refractivity contribution in [1.29, 1.82) is 0 Å². The first kappa shape index (κ1) is 14.9. The summed E-state index contributed by atoms with van der Waals surface area (Å²) in [6, 6.07) is 11.0. The van der Waals surface area contributed by atoms with Crippen molar-refractivity contribution < 1.29 is 4.79 Å². The SMILES string of the molecule is CCCNC(=O)c1cccnc1Sc1ccc(Cl)cc1. The Hall–Kier alpha value is -1.52. The monoisotopic (exact) mass is 306 g/mol. The number of hydrogen-bond acceptors (Lipinski definition) is 3. The van der Waals surface area contributed by atoms with Gasteiger partial charge in [0.15, 0.2) is 0 Å². The Morgan fingerprint density at radius 3 is 2.75 bits per heavy atom. The molecule has 1 heterocycles. The van der Waals surface area contributed by atoms with Crippen LogP contribution in [0.4, 0.5) is 0 Å². The summed E-state index contributed by atoms with van der Waals surface area (Å²) in [4.78, 5) is 17.4. The number of nitrogens with one attached hydrogen (secondary N) is 1. The minimum absolute atomic E-state index is 0.0867. The second-order valence-corrected chi connectivity index (χ2v) is 5.67. The smallest absolute Gasteiger partial charge is 0.254 e. The maximum Gasteiger partial charge on any atom is 0.254 e. The molecule has 20 heavy (non-hydrogen) atoms. The first-order valence-corrected chi connectivity index (χ1v) is 7.56. The second kappa shape index (κ2) is 7.31. The molecular weight excluding hydrogens is 292 g/mol. The Morgan fingerprint density at radius 1 is 1.30 bits per heavy atom. The molecule has 2 aromatic rings. The number of pyridine rings is 1. The fourth-order valence-electron chi connectivity index (χ4n) is 1.59. The average Bonchev–Trinajstić information content (AvgIpc) is 2.48. The van der Waals surface area contributed by atoms with Crippen LogP contribution >= 0.6 is 23.4 Å². The molecule has 0 fully saturated rings. The average molecular weight is 307 g/mol. The van der Waals surface area contributed by atoms with Crippen LogP contribution in [0.1, 0.15) is 23.7 Å². The van der Waals surface area contributed by atoms with Crippen LogP contribution in [0.3, 0.4) is 0 Å². The molecule has 0 unspecified atom stereocenters. The molecule has 0 aliphatic heterocycles. The second-order valence-electron chi connectivity index (χ2n) is 4.17. The van der Waals surface area contributed by atoms with Crippen molar-refractivity contribution in [2.24, 2.45) is 0 Å². The van der Waals surface area contributed by atoms with Gasteiger partial charge in [-0.25, -0.2) is 4.98 Å². The van der Waals surface area contributed by atoms with Crippen molar-refractivity contribution in [2.45, 2.75) is 23.3 Å². The van der Waals surface area contributed by atoms with Crippen LogP contribution in [0.25, 0.3) is 0 Å². The zero-order valence-electron chi connectivity index (χ0n) is 11.1. The van der Waals surface area contributed by atoms with Gasteiger partial charge in [-0.1, -0.05) is 30.3 Å². The zero-order valence-corrected chi connectivity index (χ0v) is 12.7. The first-order valence-electron chi connectivity index (χ1n) is 6.37. The number of carbonyl (C=O) groups is 1. The fraction of sp³-hybridized carbons (Fsp3) is 0.200. The van der Waals surface area contributed by atoms with Crippen LogP contribution in [-0.4, -0.2) is 17.4 Å². The van der Waals surface area contributed by atoms with Gasteiger partial charge >= 0.3 is 0 Å². The summed E-state index contributed by atoms with van der Waals surface area (Å²) in [7, 11) is 0. The normalized spacial score (nSPS) is 10.3. The van der Waals surface area contributed by atoms with Crippen molar-refractivity contribution in [3.8, 4) is 0 Å². The van der Waals surface area contributed by atoms with E-state index in [0.29, 0.717) is 22.2 Å². The highest BCUT2D eigenvalue weighted by atomic mass is 35.5. The van der Waals surface area contributed by atoms with E-state index in [9.17, 15) is 4.79 Å². The largest absolute Gasteiger partial charge is 0.352 e. The van der Waals surface area contributed by atoms with E-state index in [1.165, 1.54) is 11.8 Å². The van der Waals surface area contributed by atoms with Crippen molar-refractivity contribution in [3.63, 3.8) is 0 Å². The number of carbonyl (C=O) groups excluding carboxylic acids is 1. The van der Waals surface area contributed by atoms with Crippen LogP contribution in [0.2, 0.25) is 5.02 Å². The number of halogens is 1. The summed E-state index contributed by atoms with van der Waals surface area (Å²) >= 11 is 7.32. The van der Waals surface area contributed by atoms with Gasteiger partial charge < -0.3 is 5.32 Å². The third kappa shape index (κ3) is 3.99. The number of aromatic nitrogens is 1. The number of amides is 1. The van der Waals surface area contributed by atoms with Crippen LogP contribution in [0.15, 0.2) is 52.5 Å². The Labute approximate surface area is 127 Å². The topological polar surface area (TPSA) is 42.0 Å². The molecule has 0 saturated heterocycles. The standard InChI is InChI=1S/C15H15ClN2OS/c1-2-9-17-14(19)13-4-3-10-18-15(13)20-12-7-5-11(16)6-8-12/h3-8,10H,2,9H2,1H3,(H,17,19). The van der Waals surface area contributed by atoms with E-state index in [0.717, 1.165) is 11.3 Å². The summed E-state index contributed by atoms with van der Waals surface area (Å²) in [5.74, 6) is -0.0867. The van der Waals surface area contributed by atoms with Crippen LogP contribution in [-0.2, 0) is 0 Å². The number of benzene rings is 1. The molecule has 1 N–H and O–H groups in total. The molecule has 3 nitrogen and oxygen atoms in total. The van der Waals surface area contributed by atoms with Gasteiger partial charge in [-0.05, 0) is 42.8 Å². The molecule has 0 saturated carbocycles. The van der Waals surface area contributed by atoms with Gasteiger partial charge in [0.25, 0.3) is 5.91 Å². The highest BCUT2D eigenvalue weighted by Gasteiger charge is 2.12. The predicted molar refractivity (Wildman–Crippen MR) is 82.4 cm³/mol. The highest BCUT2D eigenvalue weighted by Crippen LogP contribution is 2.29. The predicted octanol–water partition coefficient (Wildman–Crippen LogP) is 4.03. The van der Waals surface area contributed by atoms with E-state index in [2.05, 4.69) is 10.3 Å². The van der Waals surface area contributed by atoms with Gasteiger partial charge in [0, 0.05) is 22.7 Å². The van der Waals surface area contributed by atoms with Gasteiger partial charge in [0.05, 0.1) is 5.56 Å². The third-order valence-electron chi connectivity index (χ3n) is 2.58. The molecule has 0 radical (unpaired) electrons. The lowest BCUT2D eigenvalue weighted by molar-refractivity contribution is 0.0950.